The van der Waals surface area contributed by atoms with Crippen LogP contribution in [-0.2, 0) is 0 Å². The van der Waals surface area contributed by atoms with E-state index in [-0.39, 0.29) is 5.02 Å². The molecule has 2 rings (SSSR count). The van der Waals surface area contributed by atoms with Crippen LogP contribution >= 0.6 is 11.6 Å². The van der Waals surface area contributed by atoms with Gasteiger partial charge in [0.25, 0.3) is 0 Å². The number of nitriles is 1. The number of rotatable bonds is 1. The molecule has 2 aromatic rings. The summed E-state index contributed by atoms with van der Waals surface area (Å²) in [6.07, 6.45) is 3.04. The SMILES string of the molecule is N#Cc1cnccc1-c1ccc(F)c(Cl)c1. The molecule has 0 aliphatic rings. The molecule has 0 saturated carbocycles. The van der Waals surface area contributed by atoms with Crippen LogP contribution in [0.15, 0.2) is 36.7 Å². The standard InChI is InChI=1S/C12H6ClFN2/c13-11-5-8(1-2-12(11)14)10-3-4-16-7-9(10)6-15/h1-5,7H. The second-order valence-electron chi connectivity index (χ2n) is 3.16. The molecule has 0 radical (unpaired) electrons. The van der Waals surface area contributed by atoms with Crippen LogP contribution in [0.1, 0.15) is 5.56 Å². The molecule has 0 aliphatic carbocycles. The average Bonchev–Trinajstić information content (AvgIpc) is 2.32. The zero-order valence-corrected chi connectivity index (χ0v) is 8.87. The zero-order valence-electron chi connectivity index (χ0n) is 8.11. The van der Waals surface area contributed by atoms with E-state index >= 15 is 0 Å². The number of pyridine rings is 1. The summed E-state index contributed by atoms with van der Waals surface area (Å²) in [5, 5.41) is 8.95. The van der Waals surface area contributed by atoms with Gasteiger partial charge in [-0.15, -0.1) is 0 Å². The Morgan fingerprint density at radius 2 is 2.12 bits per heavy atom. The van der Waals surface area contributed by atoms with E-state index in [0.717, 1.165) is 0 Å². The molecule has 0 unspecified atom stereocenters. The molecule has 0 N–H and O–H groups in total. The fourth-order valence-corrected chi connectivity index (χ4v) is 1.58. The van der Waals surface area contributed by atoms with Crippen molar-refractivity contribution in [3.63, 3.8) is 0 Å². The molecular weight excluding hydrogens is 227 g/mol. The van der Waals surface area contributed by atoms with E-state index < -0.39 is 5.82 Å². The predicted molar refractivity (Wildman–Crippen MR) is 59.4 cm³/mol. The zero-order chi connectivity index (χ0) is 11.5. The first kappa shape index (κ1) is 10.6. The van der Waals surface area contributed by atoms with Crippen molar-refractivity contribution >= 4 is 11.6 Å². The van der Waals surface area contributed by atoms with E-state index in [4.69, 9.17) is 16.9 Å². The van der Waals surface area contributed by atoms with Crippen molar-refractivity contribution in [2.75, 3.05) is 0 Å². The molecule has 78 valence electrons. The Morgan fingerprint density at radius 3 is 2.81 bits per heavy atom. The summed E-state index contributed by atoms with van der Waals surface area (Å²) in [7, 11) is 0. The monoisotopic (exact) mass is 232 g/mol. The molecule has 0 fully saturated rings. The fraction of sp³-hybridized carbons (Fsp3) is 0. The maximum Gasteiger partial charge on any atom is 0.141 e. The van der Waals surface area contributed by atoms with Crippen LogP contribution in [0.5, 0.6) is 0 Å². The van der Waals surface area contributed by atoms with Crippen LogP contribution in [-0.4, -0.2) is 4.98 Å². The third-order valence-electron chi connectivity index (χ3n) is 2.17. The Bertz CT molecular complexity index is 575. The smallest absolute Gasteiger partial charge is 0.141 e. The number of halogens is 2. The van der Waals surface area contributed by atoms with Crippen molar-refractivity contribution in [3.8, 4) is 17.2 Å². The summed E-state index contributed by atoms with van der Waals surface area (Å²) in [6, 6.07) is 8.08. The molecular formula is C12H6ClFN2. The lowest BCUT2D eigenvalue weighted by Crippen LogP contribution is -1.86. The van der Waals surface area contributed by atoms with Crippen LogP contribution in [0.4, 0.5) is 4.39 Å². The number of nitrogens with zero attached hydrogens (tertiary/aromatic N) is 2. The maximum absolute atomic E-state index is 13.0. The lowest BCUT2D eigenvalue weighted by molar-refractivity contribution is 0.628. The summed E-state index contributed by atoms with van der Waals surface area (Å²) in [5.74, 6) is -0.474. The van der Waals surface area contributed by atoms with Crippen LogP contribution in [0.25, 0.3) is 11.1 Å². The lowest BCUT2D eigenvalue weighted by Gasteiger charge is -2.04. The van der Waals surface area contributed by atoms with Crippen molar-refractivity contribution in [3.05, 3.63) is 53.1 Å². The van der Waals surface area contributed by atoms with Crippen molar-refractivity contribution in [1.29, 1.82) is 5.26 Å². The van der Waals surface area contributed by atoms with Gasteiger partial charge in [-0.3, -0.25) is 4.98 Å². The van der Waals surface area contributed by atoms with Gasteiger partial charge in [-0.1, -0.05) is 17.7 Å². The van der Waals surface area contributed by atoms with Gasteiger partial charge >= 0.3 is 0 Å². The van der Waals surface area contributed by atoms with E-state index in [1.54, 1.807) is 18.3 Å². The molecule has 1 aromatic carbocycles. The Morgan fingerprint density at radius 1 is 1.31 bits per heavy atom. The highest BCUT2D eigenvalue weighted by Crippen LogP contribution is 2.26. The van der Waals surface area contributed by atoms with Crippen LogP contribution in [0.2, 0.25) is 5.02 Å². The van der Waals surface area contributed by atoms with Crippen molar-refractivity contribution in [1.82, 2.24) is 4.98 Å². The van der Waals surface area contributed by atoms with E-state index in [1.807, 2.05) is 6.07 Å². The second-order valence-corrected chi connectivity index (χ2v) is 3.57. The number of hydrogen-bond acceptors (Lipinski definition) is 2. The van der Waals surface area contributed by atoms with Gasteiger partial charge in [0, 0.05) is 18.0 Å². The summed E-state index contributed by atoms with van der Waals surface area (Å²) in [6.45, 7) is 0. The molecule has 0 bridgehead atoms. The average molecular weight is 233 g/mol. The minimum absolute atomic E-state index is 0.0400. The highest BCUT2D eigenvalue weighted by Gasteiger charge is 2.07. The van der Waals surface area contributed by atoms with Gasteiger partial charge in [0.2, 0.25) is 0 Å². The normalized spacial score (nSPS) is 9.81. The molecule has 0 atom stereocenters. The maximum atomic E-state index is 13.0. The highest BCUT2D eigenvalue weighted by atomic mass is 35.5. The molecule has 16 heavy (non-hydrogen) atoms. The minimum Gasteiger partial charge on any atom is -0.263 e. The Hall–Kier alpha value is -1.92. The van der Waals surface area contributed by atoms with Gasteiger partial charge in [-0.2, -0.15) is 5.26 Å². The number of aromatic nitrogens is 1. The second kappa shape index (κ2) is 4.30. The Balaban J connectivity index is 2.60. The largest absolute Gasteiger partial charge is 0.263 e. The first-order valence-corrected chi connectivity index (χ1v) is 4.89. The molecule has 0 aliphatic heterocycles. The predicted octanol–water partition coefficient (Wildman–Crippen LogP) is 3.41. The summed E-state index contributed by atoms with van der Waals surface area (Å²) in [4.78, 5) is 3.85. The summed E-state index contributed by atoms with van der Waals surface area (Å²) in [5.41, 5.74) is 1.83. The molecule has 0 saturated heterocycles. The number of benzene rings is 1. The van der Waals surface area contributed by atoms with Gasteiger partial charge in [-0.05, 0) is 23.8 Å². The molecule has 0 amide bonds. The first-order chi connectivity index (χ1) is 7.72. The quantitative estimate of drug-likeness (QED) is 0.756. The van der Waals surface area contributed by atoms with Gasteiger partial charge in [-0.25, -0.2) is 4.39 Å². The summed E-state index contributed by atoms with van der Waals surface area (Å²) >= 11 is 5.69. The number of hydrogen-bond donors (Lipinski definition) is 0. The third kappa shape index (κ3) is 1.88. The molecule has 4 heteroatoms. The van der Waals surface area contributed by atoms with Gasteiger partial charge < -0.3 is 0 Å². The Labute approximate surface area is 96.9 Å². The fourth-order valence-electron chi connectivity index (χ4n) is 1.40. The van der Waals surface area contributed by atoms with Crippen LogP contribution < -0.4 is 0 Å². The summed E-state index contributed by atoms with van der Waals surface area (Å²) < 4.78 is 13.0. The van der Waals surface area contributed by atoms with E-state index in [9.17, 15) is 4.39 Å². The Kier molecular flexibility index (Phi) is 2.84. The topological polar surface area (TPSA) is 36.7 Å². The van der Waals surface area contributed by atoms with Gasteiger partial charge in [0.05, 0.1) is 10.6 Å². The lowest BCUT2D eigenvalue weighted by atomic mass is 10.0. The highest BCUT2D eigenvalue weighted by molar-refractivity contribution is 6.31. The molecule has 1 heterocycles. The van der Waals surface area contributed by atoms with Gasteiger partial charge in [0.15, 0.2) is 0 Å². The molecule has 1 aromatic heterocycles. The van der Waals surface area contributed by atoms with Crippen LogP contribution in [0, 0.1) is 17.1 Å². The van der Waals surface area contributed by atoms with E-state index in [0.29, 0.717) is 16.7 Å². The minimum atomic E-state index is -0.474. The first-order valence-electron chi connectivity index (χ1n) is 4.52. The molecule has 0 spiro atoms. The van der Waals surface area contributed by atoms with Crippen LogP contribution in [0.3, 0.4) is 0 Å². The van der Waals surface area contributed by atoms with Crippen molar-refractivity contribution in [2.24, 2.45) is 0 Å². The van der Waals surface area contributed by atoms with E-state index in [1.165, 1.54) is 18.3 Å². The van der Waals surface area contributed by atoms with Gasteiger partial charge in [0.1, 0.15) is 11.9 Å². The third-order valence-corrected chi connectivity index (χ3v) is 2.46. The van der Waals surface area contributed by atoms with Crippen molar-refractivity contribution < 1.29 is 4.39 Å². The molecule has 2 nitrogen and oxygen atoms in total. The van der Waals surface area contributed by atoms with E-state index in [2.05, 4.69) is 4.98 Å². The van der Waals surface area contributed by atoms with Crippen molar-refractivity contribution in [2.45, 2.75) is 0 Å².